The number of anilines is 1. The highest BCUT2D eigenvalue weighted by atomic mass is 15.1. The van der Waals surface area contributed by atoms with Gasteiger partial charge in [-0.15, -0.1) is 0 Å². The van der Waals surface area contributed by atoms with Gasteiger partial charge >= 0.3 is 0 Å². The molecule has 0 atom stereocenters. The lowest BCUT2D eigenvalue weighted by atomic mass is 10.1. The topological polar surface area (TPSA) is 107 Å². The molecule has 0 aliphatic rings. The number of pyridine rings is 1. The van der Waals surface area contributed by atoms with Crippen LogP contribution >= 0.6 is 0 Å². The van der Waals surface area contributed by atoms with Gasteiger partial charge in [-0.2, -0.15) is 0 Å². The van der Waals surface area contributed by atoms with E-state index in [2.05, 4.69) is 22.5 Å². The average Bonchev–Trinajstić information content (AvgIpc) is 2.94. The van der Waals surface area contributed by atoms with Gasteiger partial charge < -0.3 is 16.0 Å². The van der Waals surface area contributed by atoms with E-state index in [4.69, 9.17) is 21.9 Å². The zero-order valence-corrected chi connectivity index (χ0v) is 14.0. The van der Waals surface area contributed by atoms with Crippen molar-refractivity contribution in [2.45, 2.75) is 45.6 Å². The molecule has 0 aliphatic carbocycles. The second kappa shape index (κ2) is 6.86. The number of fused-ring (bicyclic) bond motifs is 3. The van der Waals surface area contributed by atoms with E-state index >= 15 is 0 Å². The number of aryl methyl sites for hydroxylation is 2. The van der Waals surface area contributed by atoms with Crippen LogP contribution in [-0.4, -0.2) is 20.4 Å². The molecular weight excluding hydrogens is 300 g/mol. The van der Waals surface area contributed by atoms with Crippen molar-refractivity contribution in [3.05, 3.63) is 30.1 Å². The molecule has 0 amide bonds. The highest BCUT2D eigenvalue weighted by Gasteiger charge is 2.15. The molecule has 6 heteroatoms. The summed E-state index contributed by atoms with van der Waals surface area (Å²) in [5, 5.41) is 8.39. The number of unbranched alkanes of at least 4 members (excludes halogenated alkanes) is 2. The van der Waals surface area contributed by atoms with Crippen LogP contribution in [0.15, 0.2) is 24.3 Å². The van der Waals surface area contributed by atoms with E-state index in [1.807, 2.05) is 18.2 Å². The van der Waals surface area contributed by atoms with Gasteiger partial charge in [0.15, 0.2) is 5.82 Å². The van der Waals surface area contributed by atoms with Crippen molar-refractivity contribution < 1.29 is 0 Å². The lowest BCUT2D eigenvalue weighted by Crippen LogP contribution is -2.09. The van der Waals surface area contributed by atoms with Crippen molar-refractivity contribution in [3.8, 4) is 0 Å². The Kier molecular flexibility index (Phi) is 4.64. The molecular formula is C18H24N6. The summed E-state index contributed by atoms with van der Waals surface area (Å²) in [6.07, 6.45) is 4.55. The van der Waals surface area contributed by atoms with Crippen LogP contribution in [0.25, 0.3) is 21.9 Å². The number of rotatable bonds is 7. The maximum Gasteiger partial charge on any atom is 0.152 e. The van der Waals surface area contributed by atoms with E-state index in [9.17, 15) is 0 Å². The van der Waals surface area contributed by atoms with Crippen molar-refractivity contribution in [2.24, 2.45) is 5.73 Å². The molecule has 5 N–H and O–H groups in total. The molecule has 0 bridgehead atoms. The molecule has 0 fully saturated rings. The highest BCUT2D eigenvalue weighted by molar-refractivity contribution is 6.06. The standard InChI is InChI=1S/C18H24N6/c1-2-15-23-16-17(24(15)11-7-3-4-10-14(19)20)12-8-5-6-9-13(12)22-18(16)21/h5-6,8-9H,2-4,7,10-11H2,1H3,(H3,19,20)(H2,21,22). The van der Waals surface area contributed by atoms with Crippen LogP contribution in [0.4, 0.5) is 5.82 Å². The first-order valence-corrected chi connectivity index (χ1v) is 8.48. The number of imidazole rings is 1. The first kappa shape index (κ1) is 16.2. The van der Waals surface area contributed by atoms with Crippen molar-refractivity contribution in [1.82, 2.24) is 14.5 Å². The quantitative estimate of drug-likeness (QED) is 0.352. The van der Waals surface area contributed by atoms with Gasteiger partial charge in [0.25, 0.3) is 0 Å². The summed E-state index contributed by atoms with van der Waals surface area (Å²) in [6.45, 7) is 3.00. The number of nitrogens with zero attached hydrogens (tertiary/aromatic N) is 3. The average molecular weight is 324 g/mol. The summed E-state index contributed by atoms with van der Waals surface area (Å²) >= 11 is 0. The monoisotopic (exact) mass is 324 g/mol. The minimum atomic E-state index is 0.266. The first-order valence-electron chi connectivity index (χ1n) is 8.48. The first-order chi connectivity index (χ1) is 11.6. The lowest BCUT2D eigenvalue weighted by molar-refractivity contribution is 0.587. The number of benzene rings is 1. The molecule has 0 saturated heterocycles. The van der Waals surface area contributed by atoms with Gasteiger partial charge in [0.2, 0.25) is 0 Å². The summed E-state index contributed by atoms with van der Waals surface area (Å²) < 4.78 is 2.28. The molecule has 3 rings (SSSR count). The molecule has 126 valence electrons. The van der Waals surface area contributed by atoms with Gasteiger partial charge in [-0.05, 0) is 18.9 Å². The van der Waals surface area contributed by atoms with Crippen LogP contribution in [0.1, 0.15) is 38.4 Å². The maximum atomic E-state index is 7.30. The summed E-state index contributed by atoms with van der Waals surface area (Å²) in [5.74, 6) is 1.80. The van der Waals surface area contributed by atoms with Gasteiger partial charge in [-0.25, -0.2) is 9.97 Å². The van der Waals surface area contributed by atoms with Crippen LogP contribution in [0, 0.1) is 5.41 Å². The Morgan fingerprint density at radius 1 is 1.17 bits per heavy atom. The Bertz CT molecular complexity index is 880. The molecule has 0 unspecified atom stereocenters. The van der Waals surface area contributed by atoms with E-state index in [1.54, 1.807) is 0 Å². The number of aromatic nitrogens is 3. The Morgan fingerprint density at radius 2 is 1.96 bits per heavy atom. The van der Waals surface area contributed by atoms with Gasteiger partial charge in [-0.1, -0.05) is 31.5 Å². The summed E-state index contributed by atoms with van der Waals surface area (Å²) in [4.78, 5) is 9.22. The van der Waals surface area contributed by atoms with Crippen LogP contribution < -0.4 is 11.5 Å². The Hall–Kier alpha value is -2.63. The number of nitrogens with one attached hydrogen (secondary N) is 1. The zero-order valence-electron chi connectivity index (χ0n) is 14.0. The van der Waals surface area contributed by atoms with Gasteiger partial charge in [0, 0.05) is 24.8 Å². The fourth-order valence-corrected chi connectivity index (χ4v) is 3.18. The molecule has 6 nitrogen and oxygen atoms in total. The summed E-state index contributed by atoms with van der Waals surface area (Å²) in [7, 11) is 0. The highest BCUT2D eigenvalue weighted by Crippen LogP contribution is 2.29. The number of hydrogen-bond donors (Lipinski definition) is 3. The SMILES string of the molecule is CCc1nc2c(N)nc3ccccc3c2n1CCCCCC(=N)N. The Morgan fingerprint density at radius 3 is 2.71 bits per heavy atom. The van der Waals surface area contributed by atoms with E-state index in [0.717, 1.165) is 60.0 Å². The molecule has 2 aromatic heterocycles. The van der Waals surface area contributed by atoms with Crippen molar-refractivity contribution in [1.29, 1.82) is 5.41 Å². The minimum Gasteiger partial charge on any atom is -0.388 e. The maximum absolute atomic E-state index is 7.30. The van der Waals surface area contributed by atoms with E-state index in [0.29, 0.717) is 12.2 Å². The second-order valence-corrected chi connectivity index (χ2v) is 6.08. The minimum absolute atomic E-state index is 0.266. The fraction of sp³-hybridized carbons (Fsp3) is 0.389. The second-order valence-electron chi connectivity index (χ2n) is 6.08. The molecule has 0 saturated carbocycles. The van der Waals surface area contributed by atoms with Crippen LogP contribution in [0.3, 0.4) is 0 Å². The number of nitrogen functional groups attached to an aromatic ring is 1. The number of hydrogen-bond acceptors (Lipinski definition) is 4. The van der Waals surface area contributed by atoms with Crippen LogP contribution in [-0.2, 0) is 13.0 Å². The molecule has 0 radical (unpaired) electrons. The summed E-state index contributed by atoms with van der Waals surface area (Å²) in [5.41, 5.74) is 14.4. The summed E-state index contributed by atoms with van der Waals surface area (Å²) in [6, 6.07) is 8.07. The smallest absolute Gasteiger partial charge is 0.152 e. The largest absolute Gasteiger partial charge is 0.388 e. The predicted octanol–water partition coefficient (Wildman–Crippen LogP) is 3.23. The molecule has 1 aromatic carbocycles. The number of nitrogens with two attached hydrogens (primary N) is 2. The van der Waals surface area contributed by atoms with E-state index in [-0.39, 0.29) is 5.84 Å². The van der Waals surface area contributed by atoms with E-state index < -0.39 is 0 Å². The third-order valence-corrected chi connectivity index (χ3v) is 4.33. The van der Waals surface area contributed by atoms with Crippen molar-refractivity contribution >= 4 is 33.6 Å². The third-order valence-electron chi connectivity index (χ3n) is 4.33. The molecule has 3 aromatic rings. The number of amidine groups is 1. The van der Waals surface area contributed by atoms with Crippen LogP contribution in [0.2, 0.25) is 0 Å². The molecule has 2 heterocycles. The number of para-hydroxylation sites is 1. The van der Waals surface area contributed by atoms with Gasteiger partial charge in [0.1, 0.15) is 11.3 Å². The third kappa shape index (κ3) is 3.04. The zero-order chi connectivity index (χ0) is 17.1. The molecule has 24 heavy (non-hydrogen) atoms. The fourth-order valence-electron chi connectivity index (χ4n) is 3.18. The van der Waals surface area contributed by atoms with E-state index in [1.165, 1.54) is 0 Å². The van der Waals surface area contributed by atoms with Crippen molar-refractivity contribution in [2.75, 3.05) is 5.73 Å². The predicted molar refractivity (Wildman–Crippen MR) is 99.2 cm³/mol. The molecule has 0 aliphatic heterocycles. The lowest BCUT2D eigenvalue weighted by Gasteiger charge is -2.10. The van der Waals surface area contributed by atoms with Crippen molar-refractivity contribution in [3.63, 3.8) is 0 Å². The van der Waals surface area contributed by atoms with Gasteiger partial charge in [-0.3, -0.25) is 5.41 Å². The van der Waals surface area contributed by atoms with Gasteiger partial charge in [0.05, 0.1) is 16.9 Å². The Labute approximate surface area is 141 Å². The Balaban J connectivity index is 1.97. The normalized spacial score (nSPS) is 11.4. The van der Waals surface area contributed by atoms with Crippen LogP contribution in [0.5, 0.6) is 0 Å². The molecule has 0 spiro atoms.